The number of hydrogen-bond acceptors (Lipinski definition) is 2. The summed E-state index contributed by atoms with van der Waals surface area (Å²) < 4.78 is 0. The van der Waals surface area contributed by atoms with Crippen molar-refractivity contribution in [2.75, 3.05) is 6.54 Å². The molecule has 0 radical (unpaired) electrons. The molecule has 14 heavy (non-hydrogen) atoms. The molecule has 0 aromatic rings. The third-order valence-corrected chi connectivity index (χ3v) is 2.13. The fourth-order valence-electron chi connectivity index (χ4n) is 1.26. The van der Waals surface area contributed by atoms with E-state index in [1.54, 1.807) is 0 Å². The van der Waals surface area contributed by atoms with Crippen LogP contribution in [-0.4, -0.2) is 17.6 Å². The minimum absolute atomic E-state index is 0.517. The molecule has 0 saturated carbocycles. The molecule has 82 valence electrons. The smallest absolute Gasteiger partial charge is 0.333 e. The molecule has 0 saturated heterocycles. The Hall–Kier alpha value is -0.990. The van der Waals surface area contributed by atoms with Gasteiger partial charge in [0, 0.05) is 12.2 Å². The highest BCUT2D eigenvalue weighted by Gasteiger charge is 2.09. The van der Waals surface area contributed by atoms with Gasteiger partial charge in [0.15, 0.2) is 0 Å². The Balaban J connectivity index is 4.24. The quantitative estimate of drug-likeness (QED) is 0.489. The zero-order valence-electron chi connectivity index (χ0n) is 9.39. The van der Waals surface area contributed by atoms with Gasteiger partial charge in [-0.1, -0.05) is 26.7 Å². The largest absolute Gasteiger partial charge is 0.478 e. The zero-order valence-corrected chi connectivity index (χ0v) is 9.39. The summed E-state index contributed by atoms with van der Waals surface area (Å²) in [6.45, 7) is 6.81. The van der Waals surface area contributed by atoms with Gasteiger partial charge in [-0.2, -0.15) is 0 Å². The summed E-state index contributed by atoms with van der Waals surface area (Å²) in [5.41, 5.74) is 1.33. The van der Waals surface area contributed by atoms with E-state index in [2.05, 4.69) is 12.2 Å². The second-order valence-electron chi connectivity index (χ2n) is 3.44. The van der Waals surface area contributed by atoms with Crippen molar-refractivity contribution >= 4 is 5.97 Å². The van der Waals surface area contributed by atoms with Crippen LogP contribution in [0.15, 0.2) is 11.3 Å². The Labute approximate surface area is 86.2 Å². The molecule has 0 aliphatic heterocycles. The molecular weight excluding hydrogens is 178 g/mol. The van der Waals surface area contributed by atoms with Gasteiger partial charge < -0.3 is 10.4 Å². The van der Waals surface area contributed by atoms with Gasteiger partial charge in [-0.25, -0.2) is 4.79 Å². The summed E-state index contributed by atoms with van der Waals surface area (Å²) >= 11 is 0. The summed E-state index contributed by atoms with van der Waals surface area (Å²) in [5, 5.41) is 12.1. The number of unbranched alkanes of at least 4 members (excludes halogenated alkanes) is 1. The molecule has 2 N–H and O–H groups in total. The number of carbonyl (C=O) groups is 1. The Morgan fingerprint density at radius 2 is 1.93 bits per heavy atom. The van der Waals surface area contributed by atoms with Gasteiger partial charge in [-0.15, -0.1) is 0 Å². The number of rotatable bonds is 7. The van der Waals surface area contributed by atoms with Gasteiger partial charge in [0.1, 0.15) is 0 Å². The van der Waals surface area contributed by atoms with E-state index in [0.29, 0.717) is 12.0 Å². The molecule has 0 bridgehead atoms. The molecule has 3 nitrogen and oxygen atoms in total. The van der Waals surface area contributed by atoms with Gasteiger partial charge in [0.25, 0.3) is 0 Å². The SMILES string of the molecule is CCCCNC(C)=C(CCC)C(=O)O. The molecule has 0 rings (SSSR count). The van der Waals surface area contributed by atoms with E-state index in [9.17, 15) is 4.79 Å². The van der Waals surface area contributed by atoms with E-state index in [-0.39, 0.29) is 0 Å². The highest BCUT2D eigenvalue weighted by atomic mass is 16.4. The Morgan fingerprint density at radius 1 is 1.29 bits per heavy atom. The lowest BCUT2D eigenvalue weighted by atomic mass is 10.1. The minimum atomic E-state index is -0.798. The molecule has 0 aromatic heterocycles. The summed E-state index contributed by atoms with van der Waals surface area (Å²) in [6, 6.07) is 0. The number of carboxylic acid groups (broad SMARTS) is 1. The Morgan fingerprint density at radius 3 is 2.36 bits per heavy atom. The predicted molar refractivity (Wildman–Crippen MR) is 58.2 cm³/mol. The summed E-state index contributed by atoms with van der Waals surface area (Å²) in [7, 11) is 0. The van der Waals surface area contributed by atoms with Crippen LogP contribution in [0.3, 0.4) is 0 Å². The van der Waals surface area contributed by atoms with Crippen molar-refractivity contribution in [2.24, 2.45) is 0 Å². The van der Waals surface area contributed by atoms with Crippen LogP contribution in [0.5, 0.6) is 0 Å². The van der Waals surface area contributed by atoms with Crippen molar-refractivity contribution in [3.8, 4) is 0 Å². The molecule has 0 unspecified atom stereocenters. The number of aliphatic carboxylic acids is 1. The number of carboxylic acids is 1. The van der Waals surface area contributed by atoms with Gasteiger partial charge in [0.05, 0.1) is 5.57 Å². The average molecular weight is 199 g/mol. The first-order valence-electron chi connectivity index (χ1n) is 5.30. The molecule has 0 aliphatic carbocycles. The second-order valence-corrected chi connectivity index (χ2v) is 3.44. The van der Waals surface area contributed by atoms with Crippen LogP contribution >= 0.6 is 0 Å². The van der Waals surface area contributed by atoms with Crippen molar-refractivity contribution in [1.82, 2.24) is 5.32 Å². The summed E-state index contributed by atoms with van der Waals surface area (Å²) in [4.78, 5) is 10.9. The van der Waals surface area contributed by atoms with Crippen molar-refractivity contribution in [2.45, 2.75) is 46.5 Å². The highest BCUT2D eigenvalue weighted by Crippen LogP contribution is 2.09. The number of hydrogen-bond donors (Lipinski definition) is 2. The fraction of sp³-hybridized carbons (Fsp3) is 0.727. The van der Waals surface area contributed by atoms with Crippen LogP contribution in [-0.2, 0) is 4.79 Å². The third-order valence-electron chi connectivity index (χ3n) is 2.13. The topological polar surface area (TPSA) is 49.3 Å². The molecule has 3 heteroatoms. The van der Waals surface area contributed by atoms with Crippen LogP contribution in [0.1, 0.15) is 46.5 Å². The lowest BCUT2D eigenvalue weighted by Crippen LogP contribution is -2.17. The molecular formula is C11H21NO2. The predicted octanol–water partition coefficient (Wildman–Crippen LogP) is 2.53. The molecule has 0 heterocycles. The van der Waals surface area contributed by atoms with E-state index in [1.165, 1.54) is 0 Å². The van der Waals surface area contributed by atoms with Crippen LogP contribution in [0.4, 0.5) is 0 Å². The van der Waals surface area contributed by atoms with Gasteiger partial charge >= 0.3 is 5.97 Å². The lowest BCUT2D eigenvalue weighted by molar-refractivity contribution is -0.132. The van der Waals surface area contributed by atoms with Crippen LogP contribution in [0, 0.1) is 0 Å². The number of nitrogens with one attached hydrogen (secondary N) is 1. The van der Waals surface area contributed by atoms with Crippen LogP contribution in [0.2, 0.25) is 0 Å². The van der Waals surface area contributed by atoms with E-state index in [4.69, 9.17) is 5.11 Å². The summed E-state index contributed by atoms with van der Waals surface area (Å²) in [6.07, 6.45) is 3.71. The zero-order chi connectivity index (χ0) is 11.0. The molecule has 0 aliphatic rings. The maximum Gasteiger partial charge on any atom is 0.333 e. The van der Waals surface area contributed by atoms with Crippen LogP contribution in [0.25, 0.3) is 0 Å². The normalized spacial score (nSPS) is 12.2. The maximum absolute atomic E-state index is 10.9. The Bertz CT molecular complexity index is 209. The van der Waals surface area contributed by atoms with Gasteiger partial charge in [0.2, 0.25) is 0 Å². The standard InChI is InChI=1S/C11H21NO2/c1-4-6-8-12-9(3)10(7-5-2)11(13)14/h12H,4-8H2,1-3H3,(H,13,14). The highest BCUT2D eigenvalue weighted by molar-refractivity contribution is 5.87. The maximum atomic E-state index is 10.9. The monoisotopic (exact) mass is 199 g/mol. The lowest BCUT2D eigenvalue weighted by Gasteiger charge is -2.09. The molecule has 0 aromatic carbocycles. The first kappa shape index (κ1) is 13.0. The fourth-order valence-corrected chi connectivity index (χ4v) is 1.26. The van der Waals surface area contributed by atoms with Gasteiger partial charge in [-0.05, 0) is 19.8 Å². The van der Waals surface area contributed by atoms with E-state index < -0.39 is 5.97 Å². The third kappa shape index (κ3) is 4.90. The molecule has 0 amide bonds. The van der Waals surface area contributed by atoms with Crippen molar-refractivity contribution in [3.63, 3.8) is 0 Å². The molecule has 0 fully saturated rings. The second kappa shape index (κ2) is 7.42. The number of allylic oxidation sites excluding steroid dienone is 1. The minimum Gasteiger partial charge on any atom is -0.478 e. The van der Waals surface area contributed by atoms with E-state index >= 15 is 0 Å². The van der Waals surface area contributed by atoms with E-state index in [0.717, 1.165) is 31.5 Å². The Kier molecular flexibility index (Phi) is 6.89. The van der Waals surface area contributed by atoms with E-state index in [1.807, 2.05) is 13.8 Å². The molecule has 0 atom stereocenters. The molecule has 0 spiro atoms. The average Bonchev–Trinajstić information content (AvgIpc) is 2.13. The first-order chi connectivity index (χ1) is 6.63. The first-order valence-corrected chi connectivity index (χ1v) is 5.30. The van der Waals surface area contributed by atoms with Crippen LogP contribution < -0.4 is 5.32 Å². The van der Waals surface area contributed by atoms with Crippen molar-refractivity contribution < 1.29 is 9.90 Å². The van der Waals surface area contributed by atoms with Gasteiger partial charge in [-0.3, -0.25) is 0 Å². The van der Waals surface area contributed by atoms with Crippen molar-refractivity contribution in [1.29, 1.82) is 0 Å². The summed E-state index contributed by atoms with van der Waals surface area (Å²) in [5.74, 6) is -0.798. The van der Waals surface area contributed by atoms with Crippen molar-refractivity contribution in [3.05, 3.63) is 11.3 Å².